The SMILES string of the molecule is COc1ccc2c(c1)CC(C)N(C(=O)c1ccc(C(=O)O)c(C)n1)C2C. The van der Waals surface area contributed by atoms with Crippen molar-refractivity contribution in [2.24, 2.45) is 0 Å². The minimum absolute atomic E-state index is 0.00152. The zero-order valence-electron chi connectivity index (χ0n) is 15.3. The number of methoxy groups -OCH3 is 1. The van der Waals surface area contributed by atoms with E-state index in [1.807, 2.05) is 36.9 Å². The van der Waals surface area contributed by atoms with Gasteiger partial charge in [0.25, 0.3) is 5.91 Å². The lowest BCUT2D eigenvalue weighted by atomic mass is 9.89. The third-order valence-corrected chi connectivity index (χ3v) is 4.98. The van der Waals surface area contributed by atoms with Crippen LogP contribution < -0.4 is 4.74 Å². The van der Waals surface area contributed by atoms with Crippen LogP contribution in [0.5, 0.6) is 5.75 Å². The number of carboxylic acid groups (broad SMARTS) is 1. The number of aromatic nitrogens is 1. The van der Waals surface area contributed by atoms with Gasteiger partial charge in [0.2, 0.25) is 0 Å². The standard InChI is InChI=1S/C20H22N2O4/c1-11-9-14-10-15(26-4)5-6-17(14)13(3)22(11)19(23)18-8-7-16(20(24)25)12(2)21-18/h5-8,10-11,13H,9H2,1-4H3,(H,24,25). The summed E-state index contributed by atoms with van der Waals surface area (Å²) in [4.78, 5) is 30.3. The largest absolute Gasteiger partial charge is 0.497 e. The summed E-state index contributed by atoms with van der Waals surface area (Å²) < 4.78 is 5.30. The van der Waals surface area contributed by atoms with Gasteiger partial charge in [-0.05, 0) is 62.6 Å². The van der Waals surface area contributed by atoms with Crippen LogP contribution >= 0.6 is 0 Å². The van der Waals surface area contributed by atoms with E-state index in [4.69, 9.17) is 9.84 Å². The van der Waals surface area contributed by atoms with Crippen molar-refractivity contribution in [3.8, 4) is 5.75 Å². The summed E-state index contributed by atoms with van der Waals surface area (Å²) in [6.45, 7) is 5.61. The first kappa shape index (κ1) is 17.9. The van der Waals surface area contributed by atoms with E-state index < -0.39 is 5.97 Å². The molecule has 1 aromatic carbocycles. The van der Waals surface area contributed by atoms with Gasteiger partial charge in [-0.3, -0.25) is 4.79 Å². The van der Waals surface area contributed by atoms with Crippen LogP contribution in [0.3, 0.4) is 0 Å². The van der Waals surface area contributed by atoms with E-state index >= 15 is 0 Å². The lowest BCUT2D eigenvalue weighted by molar-refractivity contribution is 0.0572. The predicted molar refractivity (Wildman–Crippen MR) is 96.7 cm³/mol. The van der Waals surface area contributed by atoms with Crippen LogP contribution in [-0.4, -0.2) is 40.0 Å². The second kappa shape index (κ2) is 6.78. The van der Waals surface area contributed by atoms with Crippen LogP contribution in [-0.2, 0) is 6.42 Å². The normalized spacial score (nSPS) is 19.0. The van der Waals surface area contributed by atoms with Crippen molar-refractivity contribution in [3.63, 3.8) is 0 Å². The number of rotatable bonds is 3. The molecule has 26 heavy (non-hydrogen) atoms. The lowest BCUT2D eigenvalue weighted by Crippen LogP contribution is -2.45. The van der Waals surface area contributed by atoms with E-state index in [9.17, 15) is 9.59 Å². The van der Waals surface area contributed by atoms with Crippen molar-refractivity contribution >= 4 is 11.9 Å². The van der Waals surface area contributed by atoms with Gasteiger partial charge in [-0.1, -0.05) is 6.07 Å². The number of hydrogen-bond donors (Lipinski definition) is 1. The molecule has 0 radical (unpaired) electrons. The molecule has 2 atom stereocenters. The van der Waals surface area contributed by atoms with Gasteiger partial charge >= 0.3 is 5.97 Å². The molecule has 0 bridgehead atoms. The molecule has 1 aromatic heterocycles. The quantitative estimate of drug-likeness (QED) is 0.915. The van der Waals surface area contributed by atoms with Crippen molar-refractivity contribution < 1.29 is 19.4 Å². The summed E-state index contributed by atoms with van der Waals surface area (Å²) in [6.07, 6.45) is 0.731. The summed E-state index contributed by atoms with van der Waals surface area (Å²) in [7, 11) is 1.64. The van der Waals surface area contributed by atoms with Gasteiger partial charge in [-0.25, -0.2) is 9.78 Å². The number of nitrogens with zero attached hydrogens (tertiary/aromatic N) is 2. The van der Waals surface area contributed by atoms with Crippen molar-refractivity contribution in [2.45, 2.75) is 39.3 Å². The zero-order chi connectivity index (χ0) is 19.0. The Bertz CT molecular complexity index is 878. The Hall–Kier alpha value is -2.89. The second-order valence-corrected chi connectivity index (χ2v) is 6.64. The zero-order valence-corrected chi connectivity index (χ0v) is 15.3. The number of carbonyl (C=O) groups excluding carboxylic acids is 1. The molecular weight excluding hydrogens is 332 g/mol. The molecule has 0 aliphatic carbocycles. The summed E-state index contributed by atoms with van der Waals surface area (Å²) in [5.41, 5.74) is 2.99. The third-order valence-electron chi connectivity index (χ3n) is 4.98. The average Bonchev–Trinajstić information content (AvgIpc) is 2.60. The number of amides is 1. The van der Waals surface area contributed by atoms with Crippen LogP contribution in [0.4, 0.5) is 0 Å². The smallest absolute Gasteiger partial charge is 0.337 e. The highest BCUT2D eigenvalue weighted by Gasteiger charge is 2.34. The Morgan fingerprint density at radius 3 is 2.58 bits per heavy atom. The minimum atomic E-state index is -1.04. The molecule has 1 aliphatic rings. The molecule has 0 spiro atoms. The highest BCUT2D eigenvalue weighted by Crippen LogP contribution is 2.35. The van der Waals surface area contributed by atoms with Gasteiger partial charge in [0.05, 0.1) is 24.4 Å². The van der Waals surface area contributed by atoms with Gasteiger partial charge in [-0.15, -0.1) is 0 Å². The minimum Gasteiger partial charge on any atom is -0.497 e. The number of aryl methyl sites for hydroxylation is 1. The number of fused-ring (bicyclic) bond motifs is 1. The van der Waals surface area contributed by atoms with E-state index in [1.54, 1.807) is 14.0 Å². The molecule has 6 heteroatoms. The van der Waals surface area contributed by atoms with Gasteiger partial charge in [0.1, 0.15) is 11.4 Å². The van der Waals surface area contributed by atoms with Crippen molar-refractivity contribution in [2.75, 3.05) is 7.11 Å². The van der Waals surface area contributed by atoms with Crippen LogP contribution in [0.2, 0.25) is 0 Å². The van der Waals surface area contributed by atoms with E-state index in [-0.39, 0.29) is 29.2 Å². The molecule has 0 saturated heterocycles. The summed E-state index contributed by atoms with van der Waals surface area (Å²) in [5.74, 6) is -0.424. The average molecular weight is 354 g/mol. The Balaban J connectivity index is 1.94. The van der Waals surface area contributed by atoms with Gasteiger partial charge in [-0.2, -0.15) is 0 Å². The summed E-state index contributed by atoms with van der Waals surface area (Å²) >= 11 is 0. The molecule has 1 amide bonds. The highest BCUT2D eigenvalue weighted by molar-refractivity contribution is 5.95. The van der Waals surface area contributed by atoms with E-state index in [1.165, 1.54) is 17.7 Å². The third kappa shape index (κ3) is 3.03. The first-order chi connectivity index (χ1) is 12.3. The molecule has 3 rings (SSSR count). The van der Waals surface area contributed by atoms with Crippen molar-refractivity contribution in [3.05, 3.63) is 58.4 Å². The van der Waals surface area contributed by atoms with E-state index in [0.717, 1.165) is 17.7 Å². The van der Waals surface area contributed by atoms with Crippen LogP contribution in [0.15, 0.2) is 30.3 Å². The molecule has 1 N–H and O–H groups in total. The van der Waals surface area contributed by atoms with Gasteiger partial charge < -0.3 is 14.7 Å². The van der Waals surface area contributed by atoms with Gasteiger partial charge in [0, 0.05) is 6.04 Å². The lowest BCUT2D eigenvalue weighted by Gasteiger charge is -2.40. The first-order valence-corrected chi connectivity index (χ1v) is 8.54. The Morgan fingerprint density at radius 2 is 1.96 bits per heavy atom. The van der Waals surface area contributed by atoms with Crippen LogP contribution in [0.1, 0.15) is 57.6 Å². The molecule has 2 unspecified atom stereocenters. The number of carboxylic acids is 1. The number of ether oxygens (including phenoxy) is 1. The van der Waals surface area contributed by atoms with Crippen molar-refractivity contribution in [1.82, 2.24) is 9.88 Å². The van der Waals surface area contributed by atoms with Crippen LogP contribution in [0, 0.1) is 6.92 Å². The highest BCUT2D eigenvalue weighted by atomic mass is 16.5. The number of aromatic carboxylic acids is 1. The Kier molecular flexibility index (Phi) is 4.68. The fourth-order valence-electron chi connectivity index (χ4n) is 3.66. The first-order valence-electron chi connectivity index (χ1n) is 8.54. The fraction of sp³-hybridized carbons (Fsp3) is 0.350. The molecule has 0 saturated carbocycles. The molecule has 1 aliphatic heterocycles. The maximum absolute atomic E-state index is 13.1. The fourth-order valence-corrected chi connectivity index (χ4v) is 3.66. The van der Waals surface area contributed by atoms with Crippen LogP contribution in [0.25, 0.3) is 0 Å². The number of hydrogen-bond acceptors (Lipinski definition) is 4. The molecule has 2 heterocycles. The number of pyridine rings is 1. The predicted octanol–water partition coefficient (Wildman–Crippen LogP) is 3.24. The Labute approximate surface area is 152 Å². The van der Waals surface area contributed by atoms with E-state index in [0.29, 0.717) is 5.69 Å². The van der Waals surface area contributed by atoms with Crippen molar-refractivity contribution in [1.29, 1.82) is 0 Å². The summed E-state index contributed by atoms with van der Waals surface area (Å²) in [5, 5.41) is 9.13. The second-order valence-electron chi connectivity index (χ2n) is 6.64. The molecule has 2 aromatic rings. The van der Waals surface area contributed by atoms with E-state index in [2.05, 4.69) is 4.98 Å². The topological polar surface area (TPSA) is 79.7 Å². The summed E-state index contributed by atoms with van der Waals surface area (Å²) in [6, 6.07) is 8.74. The molecule has 136 valence electrons. The Morgan fingerprint density at radius 1 is 1.23 bits per heavy atom. The monoisotopic (exact) mass is 354 g/mol. The number of carbonyl (C=O) groups is 2. The molecular formula is C20H22N2O4. The maximum Gasteiger partial charge on any atom is 0.337 e. The number of benzene rings is 1. The maximum atomic E-state index is 13.1. The molecule has 6 nitrogen and oxygen atoms in total. The molecule has 0 fully saturated rings. The van der Waals surface area contributed by atoms with Gasteiger partial charge in [0.15, 0.2) is 0 Å².